The fourth-order valence-corrected chi connectivity index (χ4v) is 4.01. The van der Waals surface area contributed by atoms with Crippen molar-refractivity contribution in [3.8, 4) is 0 Å². The van der Waals surface area contributed by atoms with Crippen molar-refractivity contribution in [2.75, 3.05) is 36.8 Å². The summed E-state index contributed by atoms with van der Waals surface area (Å²) in [4.78, 5) is 27.4. The largest absolute Gasteiger partial charge is 0.340 e. The summed E-state index contributed by atoms with van der Waals surface area (Å²) in [6.07, 6.45) is 1.70. The number of sulfonamides is 1. The molecule has 0 radical (unpaired) electrons. The highest BCUT2D eigenvalue weighted by Crippen LogP contribution is 2.21. The van der Waals surface area contributed by atoms with Crippen LogP contribution in [0.2, 0.25) is 0 Å². The highest BCUT2D eigenvalue weighted by molar-refractivity contribution is 7.89. The van der Waals surface area contributed by atoms with Gasteiger partial charge in [0.05, 0.1) is 12.2 Å². The van der Waals surface area contributed by atoms with E-state index in [0.29, 0.717) is 13.0 Å². The lowest BCUT2D eigenvalue weighted by Gasteiger charge is -2.20. The van der Waals surface area contributed by atoms with Crippen molar-refractivity contribution in [2.24, 2.45) is 0 Å². The zero-order chi connectivity index (χ0) is 17.2. The van der Waals surface area contributed by atoms with E-state index in [9.17, 15) is 18.0 Å². The summed E-state index contributed by atoms with van der Waals surface area (Å²) in [5.74, 6) is -0.00891. The second-order valence-corrected chi connectivity index (χ2v) is 8.01. The number of carbonyl (C=O) groups excluding carboxylic acids is 2. The van der Waals surface area contributed by atoms with Crippen LogP contribution in [-0.4, -0.2) is 57.1 Å². The Balaban J connectivity index is 1.61. The van der Waals surface area contributed by atoms with Crippen LogP contribution in [0.25, 0.3) is 0 Å². The first kappa shape index (κ1) is 16.9. The number of carbonyl (C=O) groups is 2. The lowest BCUT2D eigenvalue weighted by molar-refractivity contribution is -0.130. The number of amides is 2. The number of nitrogens with zero attached hydrogens (tertiary/aromatic N) is 2. The fraction of sp³-hybridized carbons (Fsp3) is 0.500. The normalized spacial score (nSPS) is 20.9. The maximum absolute atomic E-state index is 12.4. The summed E-state index contributed by atoms with van der Waals surface area (Å²) in [5, 5.41) is 0. The van der Waals surface area contributed by atoms with Gasteiger partial charge in [0, 0.05) is 38.3 Å². The Labute approximate surface area is 141 Å². The van der Waals surface area contributed by atoms with Crippen molar-refractivity contribution in [1.29, 1.82) is 0 Å². The summed E-state index contributed by atoms with van der Waals surface area (Å²) in [6.45, 7) is 1.60. The molecule has 2 saturated heterocycles. The number of hydrogen-bond donors (Lipinski definition) is 1. The standard InChI is InChI=1S/C16H21N3O4S/c20-15-2-1-8-19(15)14-5-3-13(4-6-14)12-16(21)18-9-7-17-24(22,23)11-10-18/h3-6,17H,1-2,7-12H2. The third-order valence-corrected chi connectivity index (χ3v) is 5.73. The van der Waals surface area contributed by atoms with E-state index in [-0.39, 0.29) is 37.1 Å². The molecule has 2 fully saturated rings. The SMILES string of the molecule is O=C(Cc1ccc(N2CCCC2=O)cc1)N1CCNS(=O)(=O)CC1. The van der Waals surface area contributed by atoms with Crippen molar-refractivity contribution in [1.82, 2.24) is 9.62 Å². The minimum absolute atomic E-state index is 0.0608. The summed E-state index contributed by atoms with van der Waals surface area (Å²) in [7, 11) is -3.26. The van der Waals surface area contributed by atoms with Crippen molar-refractivity contribution in [3.05, 3.63) is 29.8 Å². The molecule has 2 aliphatic heterocycles. The quantitative estimate of drug-likeness (QED) is 0.838. The molecule has 0 unspecified atom stereocenters. The Kier molecular flexibility index (Phi) is 4.86. The second kappa shape index (κ2) is 6.90. The smallest absolute Gasteiger partial charge is 0.227 e. The molecule has 1 aromatic rings. The van der Waals surface area contributed by atoms with Gasteiger partial charge in [0.1, 0.15) is 0 Å². The van der Waals surface area contributed by atoms with Crippen LogP contribution in [0.4, 0.5) is 5.69 Å². The zero-order valence-electron chi connectivity index (χ0n) is 13.4. The molecule has 130 valence electrons. The summed E-state index contributed by atoms with van der Waals surface area (Å²) in [6, 6.07) is 7.43. The Morgan fingerprint density at radius 3 is 2.54 bits per heavy atom. The number of anilines is 1. The summed E-state index contributed by atoms with van der Waals surface area (Å²) in [5.41, 5.74) is 1.72. The van der Waals surface area contributed by atoms with Crippen LogP contribution in [-0.2, 0) is 26.0 Å². The molecule has 3 rings (SSSR count). The molecular weight excluding hydrogens is 330 g/mol. The molecule has 2 heterocycles. The average molecular weight is 351 g/mol. The van der Waals surface area contributed by atoms with Gasteiger partial charge in [-0.15, -0.1) is 0 Å². The van der Waals surface area contributed by atoms with Gasteiger partial charge in [0.25, 0.3) is 0 Å². The zero-order valence-corrected chi connectivity index (χ0v) is 14.2. The van der Waals surface area contributed by atoms with E-state index >= 15 is 0 Å². The second-order valence-electron chi connectivity index (χ2n) is 6.09. The van der Waals surface area contributed by atoms with Gasteiger partial charge in [0.15, 0.2) is 0 Å². The van der Waals surface area contributed by atoms with Crippen molar-refractivity contribution in [2.45, 2.75) is 19.3 Å². The minimum Gasteiger partial charge on any atom is -0.340 e. The molecule has 8 heteroatoms. The Morgan fingerprint density at radius 1 is 1.12 bits per heavy atom. The van der Waals surface area contributed by atoms with Crippen LogP contribution in [0.1, 0.15) is 18.4 Å². The highest BCUT2D eigenvalue weighted by atomic mass is 32.2. The van der Waals surface area contributed by atoms with Crippen LogP contribution in [0.3, 0.4) is 0 Å². The van der Waals surface area contributed by atoms with E-state index in [2.05, 4.69) is 4.72 Å². The number of nitrogens with one attached hydrogen (secondary N) is 1. The van der Waals surface area contributed by atoms with Gasteiger partial charge in [-0.25, -0.2) is 13.1 Å². The average Bonchev–Trinajstić information content (AvgIpc) is 2.88. The summed E-state index contributed by atoms with van der Waals surface area (Å²) < 4.78 is 25.5. The maximum atomic E-state index is 12.4. The van der Waals surface area contributed by atoms with E-state index in [1.165, 1.54) is 0 Å². The van der Waals surface area contributed by atoms with Gasteiger partial charge in [-0.05, 0) is 24.1 Å². The van der Waals surface area contributed by atoms with E-state index in [1.54, 1.807) is 9.80 Å². The van der Waals surface area contributed by atoms with Gasteiger partial charge in [-0.3, -0.25) is 9.59 Å². The lowest BCUT2D eigenvalue weighted by atomic mass is 10.1. The van der Waals surface area contributed by atoms with Crippen molar-refractivity contribution < 1.29 is 18.0 Å². The molecule has 0 bridgehead atoms. The monoisotopic (exact) mass is 351 g/mol. The molecule has 2 amide bonds. The van der Waals surface area contributed by atoms with Crippen molar-refractivity contribution in [3.63, 3.8) is 0 Å². The van der Waals surface area contributed by atoms with Crippen LogP contribution in [0, 0.1) is 0 Å². The topological polar surface area (TPSA) is 86.8 Å². The fourth-order valence-electron chi connectivity index (χ4n) is 3.00. The van der Waals surface area contributed by atoms with Gasteiger partial charge >= 0.3 is 0 Å². The van der Waals surface area contributed by atoms with E-state index < -0.39 is 10.0 Å². The molecule has 0 spiro atoms. The Hall–Kier alpha value is -1.93. The molecule has 7 nitrogen and oxygen atoms in total. The first-order valence-corrected chi connectivity index (χ1v) is 9.74. The van der Waals surface area contributed by atoms with Crippen LogP contribution < -0.4 is 9.62 Å². The van der Waals surface area contributed by atoms with Crippen LogP contribution in [0.5, 0.6) is 0 Å². The molecular formula is C16H21N3O4S. The van der Waals surface area contributed by atoms with Gasteiger partial charge in [-0.2, -0.15) is 0 Å². The Morgan fingerprint density at radius 2 is 1.88 bits per heavy atom. The molecule has 0 aliphatic carbocycles. The van der Waals surface area contributed by atoms with Crippen LogP contribution in [0.15, 0.2) is 24.3 Å². The lowest BCUT2D eigenvalue weighted by Crippen LogP contribution is -2.35. The number of benzene rings is 1. The van der Waals surface area contributed by atoms with E-state index in [4.69, 9.17) is 0 Å². The van der Waals surface area contributed by atoms with E-state index in [1.807, 2.05) is 24.3 Å². The van der Waals surface area contributed by atoms with Gasteiger partial charge in [-0.1, -0.05) is 12.1 Å². The third kappa shape index (κ3) is 3.93. The molecule has 1 aromatic carbocycles. The molecule has 0 saturated carbocycles. The maximum Gasteiger partial charge on any atom is 0.227 e. The van der Waals surface area contributed by atoms with Crippen molar-refractivity contribution >= 4 is 27.5 Å². The first-order valence-electron chi connectivity index (χ1n) is 8.09. The predicted octanol–water partition coefficient (Wildman–Crippen LogP) is 0.118. The minimum atomic E-state index is -3.26. The number of rotatable bonds is 3. The molecule has 2 aliphatic rings. The van der Waals surface area contributed by atoms with Crippen LogP contribution >= 0.6 is 0 Å². The predicted molar refractivity (Wildman–Crippen MR) is 90.1 cm³/mol. The Bertz CT molecular complexity index is 730. The number of hydrogen-bond acceptors (Lipinski definition) is 4. The molecule has 0 aromatic heterocycles. The molecule has 0 atom stereocenters. The highest BCUT2D eigenvalue weighted by Gasteiger charge is 2.23. The summed E-state index contributed by atoms with van der Waals surface area (Å²) >= 11 is 0. The first-order chi connectivity index (χ1) is 11.4. The van der Waals surface area contributed by atoms with Gasteiger partial charge < -0.3 is 9.80 Å². The van der Waals surface area contributed by atoms with E-state index in [0.717, 1.165) is 24.2 Å². The van der Waals surface area contributed by atoms with Gasteiger partial charge in [0.2, 0.25) is 21.8 Å². The molecule has 24 heavy (non-hydrogen) atoms. The molecule has 1 N–H and O–H groups in total. The third-order valence-electron chi connectivity index (χ3n) is 4.36.